The Bertz CT molecular complexity index is 59.2. The zero-order chi connectivity index (χ0) is 6.08. The highest BCUT2D eigenvalue weighted by Crippen LogP contribution is 2.04. The van der Waals surface area contributed by atoms with Crippen molar-refractivity contribution in [1.82, 2.24) is 0 Å². The summed E-state index contributed by atoms with van der Waals surface area (Å²) in [6.45, 7) is 0. The zero-order valence-electron chi connectivity index (χ0n) is 3.44. The molecule has 0 rings (SSSR count). The van der Waals surface area contributed by atoms with Crippen LogP contribution in [0.5, 0.6) is 0 Å². The van der Waals surface area contributed by atoms with Gasteiger partial charge in [-0.25, -0.2) is 8.78 Å². The van der Waals surface area contributed by atoms with Gasteiger partial charge >= 0.3 is 0 Å². The van der Waals surface area contributed by atoms with Crippen molar-refractivity contribution in [2.24, 2.45) is 0 Å². The number of aliphatic hydroxyl groups is 1. The number of halogens is 2. The maximum Gasteiger partial charge on any atom is 0.250 e. The SMILES string of the molecule is [B]C([B])(O)C(F)F. The van der Waals surface area contributed by atoms with Crippen LogP contribution in [0.3, 0.4) is 0 Å². The molecule has 0 amide bonds. The highest BCUT2D eigenvalue weighted by Gasteiger charge is 2.23. The van der Waals surface area contributed by atoms with Crippen molar-refractivity contribution in [2.45, 2.75) is 11.8 Å². The maximum absolute atomic E-state index is 11.0. The summed E-state index contributed by atoms with van der Waals surface area (Å²) in [5.41, 5.74) is 0. The van der Waals surface area contributed by atoms with Crippen LogP contribution in [0.25, 0.3) is 0 Å². The molecule has 7 heavy (non-hydrogen) atoms. The lowest BCUT2D eigenvalue weighted by Crippen LogP contribution is -2.37. The first-order valence-corrected chi connectivity index (χ1v) is 1.53. The molecule has 5 heteroatoms. The monoisotopic (exact) mass is 102 g/mol. The van der Waals surface area contributed by atoms with Crippen LogP contribution < -0.4 is 0 Å². The summed E-state index contributed by atoms with van der Waals surface area (Å²) < 4.78 is 22.1. The Morgan fingerprint density at radius 3 is 1.57 bits per heavy atom. The second kappa shape index (κ2) is 1.82. The molecule has 0 atom stereocenters. The number of hydrogen-bond donors (Lipinski definition) is 1. The molecule has 0 spiro atoms. The highest BCUT2D eigenvalue weighted by atomic mass is 19.3. The van der Waals surface area contributed by atoms with E-state index < -0.39 is 11.8 Å². The average molecular weight is 102 g/mol. The standard InChI is InChI=1S/C2H2B2F2O/c3-2(4,7)1(5)6/h1,7H. The Balaban J connectivity index is 3.54. The maximum atomic E-state index is 11.0. The predicted molar refractivity (Wildman–Crippen MR) is 22.5 cm³/mol. The van der Waals surface area contributed by atoms with E-state index in [1.54, 1.807) is 0 Å². The van der Waals surface area contributed by atoms with Crippen LogP contribution in [0.15, 0.2) is 0 Å². The first-order valence-electron chi connectivity index (χ1n) is 1.53. The summed E-state index contributed by atoms with van der Waals surface area (Å²) in [7, 11) is 8.52. The topological polar surface area (TPSA) is 20.2 Å². The van der Waals surface area contributed by atoms with Gasteiger partial charge in [-0.1, -0.05) is 0 Å². The molecule has 0 aromatic rings. The molecule has 0 fully saturated rings. The molecular weight excluding hydrogens is 99.6 g/mol. The molecule has 4 radical (unpaired) electrons. The van der Waals surface area contributed by atoms with Gasteiger partial charge in [0, 0.05) is 5.40 Å². The first-order chi connectivity index (χ1) is 2.94. The number of alkyl halides is 2. The summed E-state index contributed by atoms with van der Waals surface area (Å²) in [6.07, 6.45) is -3.09. The van der Waals surface area contributed by atoms with Gasteiger partial charge in [0.1, 0.15) is 15.7 Å². The summed E-state index contributed by atoms with van der Waals surface area (Å²) in [4.78, 5) is 0. The quantitative estimate of drug-likeness (QED) is 0.431. The second-order valence-corrected chi connectivity index (χ2v) is 1.19. The van der Waals surface area contributed by atoms with E-state index in [1.807, 2.05) is 0 Å². The second-order valence-electron chi connectivity index (χ2n) is 1.19. The molecule has 0 saturated heterocycles. The molecule has 0 heterocycles. The van der Waals surface area contributed by atoms with Crippen molar-refractivity contribution in [3.05, 3.63) is 0 Å². The van der Waals surface area contributed by atoms with Crippen LogP contribution in [0.1, 0.15) is 0 Å². The van der Waals surface area contributed by atoms with Gasteiger partial charge in [0.15, 0.2) is 0 Å². The van der Waals surface area contributed by atoms with Crippen molar-refractivity contribution in [2.75, 3.05) is 0 Å². The lowest BCUT2D eigenvalue weighted by Gasteiger charge is -2.15. The van der Waals surface area contributed by atoms with E-state index in [1.165, 1.54) is 0 Å². The Hall–Kier alpha value is -0.0501. The van der Waals surface area contributed by atoms with Crippen molar-refractivity contribution in [3.8, 4) is 0 Å². The van der Waals surface area contributed by atoms with Crippen LogP contribution in [0.4, 0.5) is 8.78 Å². The molecule has 0 aliphatic heterocycles. The lowest BCUT2D eigenvalue weighted by atomic mass is 9.66. The molecular formula is C2H2B2F2O. The van der Waals surface area contributed by atoms with Gasteiger partial charge in [0.25, 0.3) is 0 Å². The van der Waals surface area contributed by atoms with E-state index in [4.69, 9.17) is 5.11 Å². The summed E-state index contributed by atoms with van der Waals surface area (Å²) in [6, 6.07) is 0. The molecule has 0 aliphatic carbocycles. The van der Waals surface area contributed by atoms with Crippen LogP contribution in [0, 0.1) is 0 Å². The van der Waals surface area contributed by atoms with Gasteiger partial charge in [0.2, 0.25) is 6.43 Å². The minimum absolute atomic E-state index is 2.83. The largest absolute Gasteiger partial charge is 0.403 e. The van der Waals surface area contributed by atoms with E-state index in [9.17, 15) is 8.78 Å². The smallest absolute Gasteiger partial charge is 0.250 e. The van der Waals surface area contributed by atoms with Crippen molar-refractivity contribution in [3.63, 3.8) is 0 Å². The van der Waals surface area contributed by atoms with E-state index in [2.05, 4.69) is 15.7 Å². The Morgan fingerprint density at radius 1 is 1.43 bits per heavy atom. The van der Waals surface area contributed by atoms with Crippen LogP contribution in [-0.2, 0) is 0 Å². The minimum Gasteiger partial charge on any atom is -0.403 e. The fraction of sp³-hybridized carbons (Fsp3) is 1.00. The fourth-order valence-electron chi connectivity index (χ4n) is 0. The van der Waals surface area contributed by atoms with Crippen molar-refractivity contribution >= 4 is 15.7 Å². The molecule has 1 N–H and O–H groups in total. The van der Waals surface area contributed by atoms with Crippen LogP contribution in [0.2, 0.25) is 0 Å². The molecule has 0 unspecified atom stereocenters. The Morgan fingerprint density at radius 2 is 1.57 bits per heavy atom. The normalized spacial score (nSPS) is 12.6. The van der Waals surface area contributed by atoms with E-state index in [-0.39, 0.29) is 0 Å². The summed E-state index contributed by atoms with van der Waals surface area (Å²) in [5.74, 6) is 0. The van der Waals surface area contributed by atoms with Crippen LogP contribution in [-0.4, -0.2) is 32.6 Å². The summed E-state index contributed by atoms with van der Waals surface area (Å²) >= 11 is 0. The minimum atomic E-state index is -3.09. The molecule has 36 valence electrons. The average Bonchev–Trinajstić information content (AvgIpc) is 1.31. The van der Waals surface area contributed by atoms with Crippen molar-refractivity contribution in [1.29, 1.82) is 0 Å². The summed E-state index contributed by atoms with van der Waals surface area (Å²) in [5, 5.41) is 5.07. The first kappa shape index (κ1) is 6.95. The molecule has 0 aliphatic rings. The molecule has 0 saturated carbocycles. The third kappa shape index (κ3) is 2.62. The number of rotatable bonds is 1. The lowest BCUT2D eigenvalue weighted by molar-refractivity contribution is 0.0161. The van der Waals surface area contributed by atoms with Gasteiger partial charge in [-0.15, -0.1) is 0 Å². The zero-order valence-corrected chi connectivity index (χ0v) is 3.44. The highest BCUT2D eigenvalue weighted by molar-refractivity contribution is 6.39. The third-order valence-electron chi connectivity index (χ3n) is 0.350. The molecule has 0 aromatic heterocycles. The molecule has 1 nitrogen and oxygen atoms in total. The van der Waals surface area contributed by atoms with E-state index in [0.29, 0.717) is 0 Å². The fourth-order valence-corrected chi connectivity index (χ4v) is 0. The number of hydrogen-bond acceptors (Lipinski definition) is 1. The molecule has 0 bridgehead atoms. The predicted octanol–water partition coefficient (Wildman–Crippen LogP) is -0.765. The van der Waals surface area contributed by atoms with Gasteiger partial charge in [0.05, 0.1) is 0 Å². The van der Waals surface area contributed by atoms with E-state index >= 15 is 0 Å². The van der Waals surface area contributed by atoms with Crippen molar-refractivity contribution < 1.29 is 13.9 Å². The molecule has 0 aromatic carbocycles. The third-order valence-corrected chi connectivity index (χ3v) is 0.350. The van der Waals surface area contributed by atoms with Gasteiger partial charge in [-0.3, -0.25) is 0 Å². The van der Waals surface area contributed by atoms with Gasteiger partial charge in [-0.05, 0) is 0 Å². The van der Waals surface area contributed by atoms with Gasteiger partial charge in [-0.2, -0.15) is 0 Å². The van der Waals surface area contributed by atoms with Crippen LogP contribution >= 0.6 is 0 Å². The van der Waals surface area contributed by atoms with Gasteiger partial charge < -0.3 is 5.11 Å². The Kier molecular flexibility index (Phi) is 1.81. The van der Waals surface area contributed by atoms with E-state index in [0.717, 1.165) is 0 Å². The Labute approximate surface area is 42.5 Å².